The van der Waals surface area contributed by atoms with E-state index in [4.69, 9.17) is 0 Å². The van der Waals surface area contributed by atoms with Gasteiger partial charge in [-0.2, -0.15) is 0 Å². The summed E-state index contributed by atoms with van der Waals surface area (Å²) in [5.74, 6) is -0.758. The fourth-order valence-corrected chi connectivity index (χ4v) is 4.39. The molecule has 5 rings (SSSR count). The molecule has 5 heteroatoms. The van der Waals surface area contributed by atoms with E-state index >= 15 is 0 Å². The molecule has 0 fully saturated rings. The van der Waals surface area contributed by atoms with Crippen molar-refractivity contribution in [2.45, 2.75) is 25.5 Å². The first-order valence-electron chi connectivity index (χ1n) is 10.9. The number of carbonyl (C=O) groups excluding carboxylic acids is 2. The Bertz CT molecular complexity index is 1330. The molecule has 0 spiro atoms. The molecular formula is C28H24N2O3. The number of fused-ring (bicyclic) bond motifs is 1. The molecule has 1 unspecified atom stereocenters. The van der Waals surface area contributed by atoms with E-state index in [0.29, 0.717) is 23.4 Å². The lowest BCUT2D eigenvalue weighted by atomic mass is 9.88. The van der Waals surface area contributed by atoms with Gasteiger partial charge in [-0.05, 0) is 42.8 Å². The highest BCUT2D eigenvalue weighted by Crippen LogP contribution is 2.43. The van der Waals surface area contributed by atoms with Gasteiger partial charge in [-0.15, -0.1) is 0 Å². The topological polar surface area (TPSA) is 62.5 Å². The Hall–Kier alpha value is -3.96. The van der Waals surface area contributed by atoms with E-state index in [1.165, 1.54) is 0 Å². The molecule has 1 aromatic heterocycles. The number of hydrogen-bond acceptors (Lipinski definition) is 3. The van der Waals surface area contributed by atoms with Crippen LogP contribution in [-0.2, 0) is 16.9 Å². The van der Waals surface area contributed by atoms with Gasteiger partial charge in [-0.3, -0.25) is 9.59 Å². The van der Waals surface area contributed by atoms with E-state index in [1.807, 2.05) is 78.5 Å². The minimum atomic E-state index is -1.90. The third kappa shape index (κ3) is 3.77. The number of aromatic nitrogens is 1. The maximum atomic E-state index is 13.5. The molecule has 1 aliphatic rings. The highest BCUT2D eigenvalue weighted by Gasteiger charge is 2.50. The van der Waals surface area contributed by atoms with E-state index in [9.17, 15) is 14.7 Å². The van der Waals surface area contributed by atoms with Gasteiger partial charge in [0.05, 0.1) is 18.7 Å². The summed E-state index contributed by atoms with van der Waals surface area (Å²) >= 11 is 0. The zero-order valence-electron chi connectivity index (χ0n) is 18.3. The smallest absolute Gasteiger partial charge is 0.264 e. The first-order chi connectivity index (χ1) is 16.0. The molecule has 4 aromatic rings. The summed E-state index contributed by atoms with van der Waals surface area (Å²) in [7, 11) is 0. The lowest BCUT2D eigenvalue weighted by Crippen LogP contribution is -2.41. The van der Waals surface area contributed by atoms with E-state index in [-0.39, 0.29) is 12.2 Å². The molecule has 0 bridgehead atoms. The second-order valence-electron chi connectivity index (χ2n) is 8.49. The van der Waals surface area contributed by atoms with Crippen molar-refractivity contribution in [2.75, 3.05) is 4.90 Å². The van der Waals surface area contributed by atoms with Crippen LogP contribution >= 0.6 is 0 Å². The molecular weight excluding hydrogens is 412 g/mol. The molecule has 1 aliphatic heterocycles. The van der Waals surface area contributed by atoms with Gasteiger partial charge in [-0.25, -0.2) is 0 Å². The molecule has 0 aliphatic carbocycles. The molecule has 0 saturated heterocycles. The Balaban J connectivity index is 1.45. The van der Waals surface area contributed by atoms with E-state index in [0.717, 1.165) is 16.8 Å². The van der Waals surface area contributed by atoms with Crippen molar-refractivity contribution in [2.24, 2.45) is 0 Å². The number of benzene rings is 3. The number of Topliss-reactive ketones (excluding diaryl/α,β-unsaturated/α-hetero) is 1. The van der Waals surface area contributed by atoms with Crippen LogP contribution in [0.4, 0.5) is 5.69 Å². The van der Waals surface area contributed by atoms with Gasteiger partial charge in [0.2, 0.25) is 0 Å². The summed E-state index contributed by atoms with van der Waals surface area (Å²) < 4.78 is 1.91. The summed E-state index contributed by atoms with van der Waals surface area (Å²) in [6, 6.07) is 26.1. The van der Waals surface area contributed by atoms with Crippen molar-refractivity contribution >= 4 is 17.4 Å². The number of anilines is 1. The van der Waals surface area contributed by atoms with Crippen LogP contribution in [0.25, 0.3) is 5.69 Å². The lowest BCUT2D eigenvalue weighted by molar-refractivity contribution is -0.136. The van der Waals surface area contributed by atoms with Crippen molar-refractivity contribution in [3.63, 3.8) is 0 Å². The summed E-state index contributed by atoms with van der Waals surface area (Å²) in [6.45, 7) is 2.34. The van der Waals surface area contributed by atoms with Crippen molar-refractivity contribution < 1.29 is 14.7 Å². The van der Waals surface area contributed by atoms with Gasteiger partial charge in [-0.1, -0.05) is 60.2 Å². The van der Waals surface area contributed by atoms with Crippen molar-refractivity contribution in [3.8, 4) is 5.69 Å². The van der Waals surface area contributed by atoms with Gasteiger partial charge < -0.3 is 14.6 Å². The Labute approximate surface area is 192 Å². The summed E-state index contributed by atoms with van der Waals surface area (Å²) in [6.07, 6.45) is 3.48. The second kappa shape index (κ2) is 8.19. The number of ketones is 1. The Morgan fingerprint density at radius 3 is 2.39 bits per heavy atom. The molecule has 0 saturated carbocycles. The van der Waals surface area contributed by atoms with Crippen LogP contribution in [0, 0.1) is 6.92 Å². The first-order valence-corrected chi connectivity index (χ1v) is 10.9. The minimum Gasteiger partial charge on any atom is -0.375 e. The Morgan fingerprint density at radius 2 is 1.64 bits per heavy atom. The predicted octanol–water partition coefficient (Wildman–Crippen LogP) is 4.79. The number of carbonyl (C=O) groups is 2. The molecule has 5 nitrogen and oxygen atoms in total. The predicted molar refractivity (Wildman–Crippen MR) is 127 cm³/mol. The fraction of sp³-hybridized carbons (Fsp3) is 0.143. The lowest BCUT2D eigenvalue weighted by Gasteiger charge is -2.23. The molecule has 2 heterocycles. The summed E-state index contributed by atoms with van der Waals surface area (Å²) in [5, 5.41) is 11.6. The third-order valence-electron chi connectivity index (χ3n) is 6.19. The largest absolute Gasteiger partial charge is 0.375 e. The van der Waals surface area contributed by atoms with Crippen LogP contribution in [-0.4, -0.2) is 21.4 Å². The van der Waals surface area contributed by atoms with Crippen molar-refractivity contribution in [1.29, 1.82) is 0 Å². The van der Waals surface area contributed by atoms with Crippen molar-refractivity contribution in [1.82, 2.24) is 4.57 Å². The quantitative estimate of drug-likeness (QED) is 0.442. The monoisotopic (exact) mass is 436 g/mol. The van der Waals surface area contributed by atoms with E-state index in [2.05, 4.69) is 0 Å². The summed E-state index contributed by atoms with van der Waals surface area (Å²) in [4.78, 5) is 28.3. The third-order valence-corrected chi connectivity index (χ3v) is 6.19. The van der Waals surface area contributed by atoms with Crippen molar-refractivity contribution in [3.05, 3.63) is 120 Å². The molecule has 1 N–H and O–H groups in total. The zero-order valence-corrected chi connectivity index (χ0v) is 18.3. The average molecular weight is 437 g/mol. The molecule has 1 amide bonds. The number of para-hydroxylation sites is 1. The standard InChI is InChI=1S/C28H24N2O3/c1-20-11-13-21(14-12-20)19-30-25-10-3-2-9-24(25)28(33,27(30)32)18-26(31)22-7-6-8-23(17-22)29-15-4-5-16-29/h2-17,33H,18-19H2,1H3. The Kier molecular flexibility index (Phi) is 5.19. The average Bonchev–Trinajstić information content (AvgIpc) is 3.44. The van der Waals surface area contributed by atoms with Gasteiger partial charge in [0.25, 0.3) is 5.91 Å². The Morgan fingerprint density at radius 1 is 0.909 bits per heavy atom. The van der Waals surface area contributed by atoms with Gasteiger partial charge in [0.15, 0.2) is 11.4 Å². The van der Waals surface area contributed by atoms with E-state index < -0.39 is 11.5 Å². The van der Waals surface area contributed by atoms with Crippen LogP contribution in [0.3, 0.4) is 0 Å². The van der Waals surface area contributed by atoms with Crippen LogP contribution < -0.4 is 4.90 Å². The maximum Gasteiger partial charge on any atom is 0.264 e. The normalized spacial score (nSPS) is 17.3. The number of aliphatic hydroxyl groups is 1. The number of hydrogen-bond donors (Lipinski definition) is 1. The van der Waals surface area contributed by atoms with Gasteiger partial charge >= 0.3 is 0 Å². The summed E-state index contributed by atoms with van der Waals surface area (Å²) in [5.41, 5.74) is 2.60. The number of nitrogens with zero attached hydrogens (tertiary/aromatic N) is 2. The molecule has 164 valence electrons. The fourth-order valence-electron chi connectivity index (χ4n) is 4.39. The van der Waals surface area contributed by atoms with E-state index in [1.54, 1.807) is 35.2 Å². The molecule has 0 radical (unpaired) electrons. The highest BCUT2D eigenvalue weighted by atomic mass is 16.3. The zero-order chi connectivity index (χ0) is 23.0. The van der Waals surface area contributed by atoms with Crippen LogP contribution in [0.1, 0.15) is 33.5 Å². The molecule has 33 heavy (non-hydrogen) atoms. The SMILES string of the molecule is Cc1ccc(CN2C(=O)C(O)(CC(=O)c3cccc(-n4cccc4)c3)c3ccccc32)cc1. The molecule has 3 aromatic carbocycles. The van der Waals surface area contributed by atoms with Crippen LogP contribution in [0.2, 0.25) is 0 Å². The number of rotatable bonds is 6. The minimum absolute atomic E-state index is 0.285. The number of amides is 1. The van der Waals surface area contributed by atoms with Gasteiger partial charge in [0.1, 0.15) is 0 Å². The second-order valence-corrected chi connectivity index (χ2v) is 8.49. The number of aryl methyl sites for hydroxylation is 1. The maximum absolute atomic E-state index is 13.5. The molecule has 1 atom stereocenters. The van der Waals surface area contributed by atoms with Crippen LogP contribution in [0.15, 0.2) is 97.3 Å². The van der Waals surface area contributed by atoms with Crippen LogP contribution in [0.5, 0.6) is 0 Å². The highest BCUT2D eigenvalue weighted by molar-refractivity contribution is 6.10. The van der Waals surface area contributed by atoms with Gasteiger partial charge in [0, 0.05) is 29.2 Å². The first kappa shape index (κ1) is 20.9.